The highest BCUT2D eigenvalue weighted by atomic mass is 16.7. The predicted molar refractivity (Wildman–Crippen MR) is 70.0 cm³/mol. The van der Waals surface area contributed by atoms with E-state index in [0.717, 1.165) is 0 Å². The molecule has 1 amide bonds. The van der Waals surface area contributed by atoms with Crippen LogP contribution in [0.25, 0.3) is 0 Å². The summed E-state index contributed by atoms with van der Waals surface area (Å²) in [5, 5.41) is 12.7. The molecule has 0 fully saturated rings. The second-order valence-corrected chi connectivity index (χ2v) is 5.03. The van der Waals surface area contributed by atoms with Crippen LogP contribution in [0.2, 0.25) is 0 Å². The van der Waals surface area contributed by atoms with Crippen molar-refractivity contribution in [2.24, 2.45) is 5.92 Å². The summed E-state index contributed by atoms with van der Waals surface area (Å²) in [5.41, 5.74) is 0.703. The largest absolute Gasteiger partial charge is 0.454 e. The van der Waals surface area contributed by atoms with E-state index in [2.05, 4.69) is 5.32 Å². The number of ether oxygens (including phenoxy) is 2. The van der Waals surface area contributed by atoms with Crippen molar-refractivity contribution in [3.63, 3.8) is 0 Å². The van der Waals surface area contributed by atoms with Crippen LogP contribution in [0.5, 0.6) is 11.5 Å². The lowest BCUT2D eigenvalue weighted by Crippen LogP contribution is -2.29. The molecule has 1 atom stereocenters. The van der Waals surface area contributed by atoms with Gasteiger partial charge in [-0.15, -0.1) is 0 Å². The number of aliphatic hydroxyl groups excluding tert-OH is 1. The Labute approximate surface area is 112 Å². The zero-order chi connectivity index (χ0) is 13.8. The maximum atomic E-state index is 11.5. The minimum absolute atomic E-state index is 0.0465. The van der Waals surface area contributed by atoms with Crippen LogP contribution in [0.3, 0.4) is 0 Å². The van der Waals surface area contributed by atoms with Crippen LogP contribution in [-0.4, -0.2) is 24.4 Å². The molecule has 1 aromatic carbocycles. The Morgan fingerprint density at radius 1 is 1.37 bits per heavy atom. The van der Waals surface area contributed by atoms with Gasteiger partial charge in [0.05, 0.1) is 6.10 Å². The van der Waals surface area contributed by atoms with Gasteiger partial charge in [-0.2, -0.15) is 0 Å². The van der Waals surface area contributed by atoms with Gasteiger partial charge in [0.15, 0.2) is 11.5 Å². The SMILES string of the molecule is CC(C)CC(=O)NCC(O)c1ccc2c(c1)OCO2. The predicted octanol–water partition coefficient (Wildman–Crippen LogP) is 1.61. The number of benzene rings is 1. The van der Waals surface area contributed by atoms with Gasteiger partial charge in [-0.05, 0) is 23.6 Å². The number of hydrogen-bond donors (Lipinski definition) is 2. The van der Waals surface area contributed by atoms with Gasteiger partial charge in [-0.3, -0.25) is 4.79 Å². The maximum absolute atomic E-state index is 11.5. The maximum Gasteiger partial charge on any atom is 0.231 e. The van der Waals surface area contributed by atoms with Gasteiger partial charge in [0.25, 0.3) is 0 Å². The molecular formula is C14H19NO4. The van der Waals surface area contributed by atoms with Crippen molar-refractivity contribution in [1.82, 2.24) is 5.32 Å². The second-order valence-electron chi connectivity index (χ2n) is 5.03. The van der Waals surface area contributed by atoms with E-state index >= 15 is 0 Å². The summed E-state index contributed by atoms with van der Waals surface area (Å²) in [5.74, 6) is 1.57. The lowest BCUT2D eigenvalue weighted by molar-refractivity contribution is -0.122. The van der Waals surface area contributed by atoms with Crippen LogP contribution in [0, 0.1) is 5.92 Å². The molecule has 0 aliphatic carbocycles. The monoisotopic (exact) mass is 265 g/mol. The third kappa shape index (κ3) is 3.61. The Balaban J connectivity index is 1.89. The van der Waals surface area contributed by atoms with E-state index in [1.54, 1.807) is 18.2 Å². The summed E-state index contributed by atoms with van der Waals surface area (Å²) in [6.07, 6.45) is -0.279. The van der Waals surface area contributed by atoms with Crippen LogP contribution in [0.4, 0.5) is 0 Å². The lowest BCUT2D eigenvalue weighted by Gasteiger charge is -2.13. The van der Waals surface area contributed by atoms with Crippen molar-refractivity contribution in [1.29, 1.82) is 0 Å². The molecule has 1 aliphatic rings. The Hall–Kier alpha value is -1.75. The van der Waals surface area contributed by atoms with E-state index < -0.39 is 6.10 Å². The Morgan fingerprint density at radius 3 is 2.84 bits per heavy atom. The molecule has 1 heterocycles. The smallest absolute Gasteiger partial charge is 0.231 e. The minimum Gasteiger partial charge on any atom is -0.454 e. The molecule has 104 valence electrons. The van der Waals surface area contributed by atoms with Crippen molar-refractivity contribution in [3.8, 4) is 11.5 Å². The van der Waals surface area contributed by atoms with Crippen LogP contribution in [0.1, 0.15) is 31.9 Å². The molecule has 0 saturated heterocycles. The molecule has 19 heavy (non-hydrogen) atoms. The lowest BCUT2D eigenvalue weighted by atomic mass is 10.1. The fourth-order valence-electron chi connectivity index (χ4n) is 1.89. The normalized spacial score (nSPS) is 14.5. The van der Waals surface area contributed by atoms with Crippen LogP contribution >= 0.6 is 0 Å². The van der Waals surface area contributed by atoms with Crippen molar-refractivity contribution in [2.75, 3.05) is 13.3 Å². The average Bonchev–Trinajstić information content (AvgIpc) is 2.82. The molecular weight excluding hydrogens is 246 g/mol. The van der Waals surface area contributed by atoms with Gasteiger partial charge in [-0.1, -0.05) is 19.9 Å². The molecule has 1 aliphatic heterocycles. The summed E-state index contributed by atoms with van der Waals surface area (Å²) in [7, 11) is 0. The van der Waals surface area contributed by atoms with Gasteiger partial charge < -0.3 is 19.9 Å². The number of carbonyl (C=O) groups excluding carboxylic acids is 1. The standard InChI is InChI=1S/C14H19NO4/c1-9(2)5-14(17)15-7-11(16)10-3-4-12-13(6-10)19-8-18-12/h3-4,6,9,11,16H,5,7-8H2,1-2H3,(H,15,17). The number of carbonyl (C=O) groups is 1. The molecule has 5 nitrogen and oxygen atoms in total. The first-order chi connectivity index (χ1) is 9.06. The molecule has 2 N–H and O–H groups in total. The molecule has 1 aromatic rings. The number of fused-ring (bicyclic) bond motifs is 1. The van der Waals surface area contributed by atoms with Gasteiger partial charge in [0.2, 0.25) is 12.7 Å². The highest BCUT2D eigenvalue weighted by Gasteiger charge is 2.17. The first-order valence-corrected chi connectivity index (χ1v) is 6.40. The van der Waals surface area contributed by atoms with Crippen LogP contribution in [-0.2, 0) is 4.79 Å². The molecule has 0 bridgehead atoms. The van der Waals surface area contributed by atoms with Crippen molar-refractivity contribution < 1.29 is 19.4 Å². The number of nitrogens with one attached hydrogen (secondary N) is 1. The van der Waals surface area contributed by atoms with E-state index in [9.17, 15) is 9.90 Å². The third-order valence-corrected chi connectivity index (χ3v) is 2.87. The number of aliphatic hydroxyl groups is 1. The van der Waals surface area contributed by atoms with E-state index in [-0.39, 0.29) is 19.2 Å². The number of hydrogen-bond acceptors (Lipinski definition) is 4. The van der Waals surface area contributed by atoms with E-state index in [4.69, 9.17) is 9.47 Å². The second kappa shape index (κ2) is 5.93. The summed E-state index contributed by atoms with van der Waals surface area (Å²) in [6.45, 7) is 4.37. The van der Waals surface area contributed by atoms with Gasteiger partial charge in [-0.25, -0.2) is 0 Å². The summed E-state index contributed by atoms with van der Waals surface area (Å²) >= 11 is 0. The van der Waals surface area contributed by atoms with Gasteiger partial charge in [0.1, 0.15) is 0 Å². The van der Waals surface area contributed by atoms with E-state index in [1.807, 2.05) is 13.8 Å². The first kappa shape index (κ1) is 13.7. The molecule has 2 rings (SSSR count). The van der Waals surface area contributed by atoms with Crippen LogP contribution < -0.4 is 14.8 Å². The number of rotatable bonds is 5. The first-order valence-electron chi connectivity index (χ1n) is 6.40. The topological polar surface area (TPSA) is 67.8 Å². The quantitative estimate of drug-likeness (QED) is 0.848. The molecule has 0 saturated carbocycles. The molecule has 0 aromatic heterocycles. The van der Waals surface area contributed by atoms with E-state index in [1.165, 1.54) is 0 Å². The zero-order valence-corrected chi connectivity index (χ0v) is 11.2. The third-order valence-electron chi connectivity index (χ3n) is 2.87. The highest BCUT2D eigenvalue weighted by molar-refractivity contribution is 5.76. The molecule has 5 heteroatoms. The highest BCUT2D eigenvalue weighted by Crippen LogP contribution is 2.34. The fraction of sp³-hybridized carbons (Fsp3) is 0.500. The number of amides is 1. The van der Waals surface area contributed by atoms with E-state index in [0.29, 0.717) is 29.4 Å². The minimum atomic E-state index is -0.745. The summed E-state index contributed by atoms with van der Waals surface area (Å²) < 4.78 is 10.4. The van der Waals surface area contributed by atoms with Crippen molar-refractivity contribution in [2.45, 2.75) is 26.4 Å². The average molecular weight is 265 g/mol. The fourth-order valence-corrected chi connectivity index (χ4v) is 1.89. The van der Waals surface area contributed by atoms with Crippen molar-refractivity contribution >= 4 is 5.91 Å². The summed E-state index contributed by atoms with van der Waals surface area (Å²) in [4.78, 5) is 11.5. The Morgan fingerprint density at radius 2 is 2.11 bits per heavy atom. The zero-order valence-electron chi connectivity index (χ0n) is 11.2. The summed E-state index contributed by atoms with van der Waals surface area (Å²) in [6, 6.07) is 5.27. The molecule has 0 spiro atoms. The van der Waals surface area contributed by atoms with Crippen LogP contribution in [0.15, 0.2) is 18.2 Å². The molecule has 1 unspecified atom stereocenters. The Kier molecular flexibility index (Phi) is 4.27. The Bertz CT molecular complexity index is 459. The van der Waals surface area contributed by atoms with Gasteiger partial charge >= 0.3 is 0 Å². The van der Waals surface area contributed by atoms with Gasteiger partial charge in [0, 0.05) is 13.0 Å². The molecule has 0 radical (unpaired) electrons. The van der Waals surface area contributed by atoms with Crippen molar-refractivity contribution in [3.05, 3.63) is 23.8 Å².